The Morgan fingerprint density at radius 1 is 0.759 bits per heavy atom. The van der Waals surface area contributed by atoms with Crippen molar-refractivity contribution in [2.24, 2.45) is 0 Å². The van der Waals surface area contributed by atoms with Gasteiger partial charge in [-0.2, -0.15) is 0 Å². The summed E-state index contributed by atoms with van der Waals surface area (Å²) in [5, 5.41) is 6.07. The van der Waals surface area contributed by atoms with Gasteiger partial charge in [-0.05, 0) is 36.2 Å². The molecular weight excluding hydrogens is 364 g/mol. The number of ether oxygens (including phenoxy) is 2. The Bertz CT molecular complexity index is 870. The predicted octanol–water partition coefficient (Wildman–Crippen LogP) is 3.92. The Balaban J connectivity index is 1.38. The van der Waals surface area contributed by atoms with Crippen LogP contribution in [-0.2, 0) is 11.2 Å². The molecule has 5 nitrogen and oxygen atoms in total. The zero-order valence-corrected chi connectivity index (χ0v) is 16.3. The molecule has 5 heteroatoms. The molecule has 0 spiro atoms. The van der Waals surface area contributed by atoms with Gasteiger partial charge >= 0.3 is 0 Å². The summed E-state index contributed by atoms with van der Waals surface area (Å²) in [6.45, 7) is 1.66. The topological polar surface area (TPSA) is 59.6 Å². The van der Waals surface area contributed by atoms with E-state index < -0.39 is 0 Å². The maximum atomic E-state index is 12.1. The minimum Gasteiger partial charge on any atom is -0.490 e. The number of carbonyl (C=O) groups is 1. The van der Waals surface area contributed by atoms with Crippen molar-refractivity contribution in [3.05, 3.63) is 90.5 Å². The van der Waals surface area contributed by atoms with Gasteiger partial charge < -0.3 is 20.1 Å². The molecule has 150 valence electrons. The lowest BCUT2D eigenvalue weighted by Gasteiger charge is -2.14. The van der Waals surface area contributed by atoms with E-state index in [1.807, 2.05) is 72.8 Å². The van der Waals surface area contributed by atoms with Gasteiger partial charge in [-0.25, -0.2) is 0 Å². The third-order valence-corrected chi connectivity index (χ3v) is 4.26. The minimum atomic E-state index is -0.0526. The molecule has 0 radical (unpaired) electrons. The third-order valence-electron chi connectivity index (χ3n) is 4.26. The number of hydrogen-bond acceptors (Lipinski definition) is 4. The normalized spacial score (nSPS) is 10.2. The molecule has 0 bridgehead atoms. The van der Waals surface area contributed by atoms with Crippen molar-refractivity contribution < 1.29 is 14.3 Å². The van der Waals surface area contributed by atoms with Gasteiger partial charge in [0.25, 0.3) is 0 Å². The van der Waals surface area contributed by atoms with Gasteiger partial charge in [0.2, 0.25) is 5.91 Å². The van der Waals surface area contributed by atoms with E-state index >= 15 is 0 Å². The average Bonchev–Trinajstić information content (AvgIpc) is 2.77. The first-order valence-electron chi connectivity index (χ1n) is 9.75. The van der Waals surface area contributed by atoms with E-state index in [1.54, 1.807) is 0 Å². The van der Waals surface area contributed by atoms with E-state index in [-0.39, 0.29) is 12.5 Å². The third kappa shape index (κ3) is 7.22. The highest BCUT2D eigenvalue weighted by molar-refractivity contribution is 5.81. The second-order valence-electron chi connectivity index (χ2n) is 6.45. The largest absolute Gasteiger partial charge is 0.490 e. The number of nitrogens with one attached hydrogen (secondary N) is 2. The lowest BCUT2D eigenvalue weighted by Crippen LogP contribution is -2.31. The van der Waals surface area contributed by atoms with Crippen molar-refractivity contribution in [1.29, 1.82) is 0 Å². The van der Waals surface area contributed by atoms with Crippen LogP contribution in [0.2, 0.25) is 0 Å². The first-order chi connectivity index (χ1) is 14.3. The fourth-order valence-corrected chi connectivity index (χ4v) is 2.80. The molecule has 0 unspecified atom stereocenters. The van der Waals surface area contributed by atoms with Crippen LogP contribution in [0.15, 0.2) is 84.9 Å². The van der Waals surface area contributed by atoms with Crippen LogP contribution in [0.3, 0.4) is 0 Å². The van der Waals surface area contributed by atoms with Crippen LogP contribution in [0.5, 0.6) is 11.5 Å². The number of benzene rings is 3. The standard InChI is InChI=1S/C24H26N2O3/c27-24(25-16-15-20-9-3-1-4-10-20)19-26-22-13-7-8-14-23(22)29-18-17-28-21-11-5-2-6-12-21/h1-14,26H,15-19H2,(H,25,27). The van der Waals surface area contributed by atoms with E-state index in [1.165, 1.54) is 5.56 Å². The molecule has 1 amide bonds. The number of carbonyl (C=O) groups excluding carboxylic acids is 1. The number of anilines is 1. The zero-order valence-electron chi connectivity index (χ0n) is 16.3. The summed E-state index contributed by atoms with van der Waals surface area (Å²) < 4.78 is 11.4. The first-order valence-corrected chi connectivity index (χ1v) is 9.75. The molecule has 2 N–H and O–H groups in total. The number of hydrogen-bond donors (Lipinski definition) is 2. The molecule has 0 fully saturated rings. The Hall–Kier alpha value is -3.47. The van der Waals surface area contributed by atoms with Crippen LogP contribution < -0.4 is 20.1 Å². The molecule has 0 saturated carbocycles. The molecule has 3 aromatic carbocycles. The average molecular weight is 390 g/mol. The summed E-state index contributed by atoms with van der Waals surface area (Å²) in [6.07, 6.45) is 0.813. The van der Waals surface area contributed by atoms with Crippen LogP contribution in [0.4, 0.5) is 5.69 Å². The van der Waals surface area contributed by atoms with Gasteiger partial charge in [0.15, 0.2) is 0 Å². The van der Waals surface area contributed by atoms with Gasteiger partial charge in [-0.1, -0.05) is 60.7 Å². The molecular formula is C24H26N2O3. The minimum absolute atomic E-state index is 0.0526. The van der Waals surface area contributed by atoms with E-state index in [4.69, 9.17) is 9.47 Å². The first kappa shape index (κ1) is 20.3. The molecule has 3 aromatic rings. The van der Waals surface area contributed by atoms with Crippen LogP contribution >= 0.6 is 0 Å². The summed E-state index contributed by atoms with van der Waals surface area (Å²) in [4.78, 5) is 12.1. The molecule has 3 rings (SSSR count). The van der Waals surface area contributed by atoms with Crippen LogP contribution in [0, 0.1) is 0 Å². The monoisotopic (exact) mass is 390 g/mol. The summed E-state index contributed by atoms with van der Waals surface area (Å²) >= 11 is 0. The van der Waals surface area contributed by atoms with Crippen molar-refractivity contribution in [2.75, 3.05) is 31.6 Å². The number of amides is 1. The van der Waals surface area contributed by atoms with Gasteiger partial charge in [0, 0.05) is 6.54 Å². The van der Waals surface area contributed by atoms with Gasteiger partial charge in [-0.3, -0.25) is 4.79 Å². The van der Waals surface area contributed by atoms with Crippen LogP contribution in [0.1, 0.15) is 5.56 Å². The molecule has 0 heterocycles. The lowest BCUT2D eigenvalue weighted by molar-refractivity contribution is -0.119. The summed E-state index contributed by atoms with van der Waals surface area (Å²) in [5.41, 5.74) is 1.99. The van der Waals surface area contributed by atoms with E-state index in [2.05, 4.69) is 22.8 Å². The Morgan fingerprint density at radius 2 is 1.41 bits per heavy atom. The van der Waals surface area contributed by atoms with Crippen molar-refractivity contribution in [2.45, 2.75) is 6.42 Å². The highest BCUT2D eigenvalue weighted by Gasteiger charge is 2.06. The van der Waals surface area contributed by atoms with E-state index in [0.717, 1.165) is 17.9 Å². The molecule has 0 aliphatic heterocycles. The SMILES string of the molecule is O=C(CNc1ccccc1OCCOc1ccccc1)NCCc1ccccc1. The summed E-state index contributed by atoms with van der Waals surface area (Å²) in [5.74, 6) is 1.46. The second kappa shape index (κ2) is 11.4. The molecule has 29 heavy (non-hydrogen) atoms. The van der Waals surface area contributed by atoms with Gasteiger partial charge in [-0.15, -0.1) is 0 Å². The lowest BCUT2D eigenvalue weighted by atomic mass is 10.1. The predicted molar refractivity (Wildman–Crippen MR) is 116 cm³/mol. The van der Waals surface area contributed by atoms with E-state index in [0.29, 0.717) is 25.5 Å². The van der Waals surface area contributed by atoms with Crippen LogP contribution in [0.25, 0.3) is 0 Å². The Labute approximate surface area is 171 Å². The highest BCUT2D eigenvalue weighted by Crippen LogP contribution is 2.23. The van der Waals surface area contributed by atoms with Crippen molar-refractivity contribution >= 4 is 11.6 Å². The number of para-hydroxylation sites is 3. The molecule has 0 aromatic heterocycles. The maximum Gasteiger partial charge on any atom is 0.239 e. The van der Waals surface area contributed by atoms with Crippen molar-refractivity contribution in [3.8, 4) is 11.5 Å². The van der Waals surface area contributed by atoms with Crippen molar-refractivity contribution in [3.63, 3.8) is 0 Å². The van der Waals surface area contributed by atoms with E-state index in [9.17, 15) is 4.79 Å². The molecule has 0 atom stereocenters. The van der Waals surface area contributed by atoms with Crippen LogP contribution in [-0.4, -0.2) is 32.2 Å². The van der Waals surface area contributed by atoms with Gasteiger partial charge in [0.05, 0.1) is 12.2 Å². The molecule has 0 aliphatic rings. The zero-order chi connectivity index (χ0) is 20.2. The second-order valence-corrected chi connectivity index (χ2v) is 6.45. The Morgan fingerprint density at radius 3 is 2.21 bits per heavy atom. The quantitative estimate of drug-likeness (QED) is 0.487. The fraction of sp³-hybridized carbons (Fsp3) is 0.208. The number of rotatable bonds is 11. The molecule has 0 saturated heterocycles. The smallest absolute Gasteiger partial charge is 0.239 e. The fourth-order valence-electron chi connectivity index (χ4n) is 2.80. The Kier molecular flexibility index (Phi) is 7.96. The maximum absolute atomic E-state index is 12.1. The van der Waals surface area contributed by atoms with Gasteiger partial charge in [0.1, 0.15) is 24.7 Å². The summed E-state index contributed by atoms with van der Waals surface area (Å²) in [6, 6.07) is 27.3. The van der Waals surface area contributed by atoms with Crippen molar-refractivity contribution in [1.82, 2.24) is 5.32 Å². The molecule has 0 aliphatic carbocycles. The highest BCUT2D eigenvalue weighted by atomic mass is 16.5. The summed E-state index contributed by atoms with van der Waals surface area (Å²) in [7, 11) is 0.